The van der Waals surface area contributed by atoms with E-state index in [1.165, 1.54) is 22.9 Å². The van der Waals surface area contributed by atoms with Crippen LogP contribution in [0.15, 0.2) is 59.7 Å². The minimum Gasteiger partial charge on any atom is -0.465 e. The lowest BCUT2D eigenvalue weighted by Gasteiger charge is -2.49. The van der Waals surface area contributed by atoms with Gasteiger partial charge in [-0.3, -0.25) is 19.4 Å². The fourth-order valence-electron chi connectivity index (χ4n) is 6.52. The smallest absolute Gasteiger partial charge is 0.408 e. The van der Waals surface area contributed by atoms with Crippen molar-refractivity contribution in [1.29, 1.82) is 0 Å². The molecule has 0 bridgehead atoms. The summed E-state index contributed by atoms with van der Waals surface area (Å²) in [7, 11) is 0. The molecule has 0 radical (unpaired) electrons. The molecule has 202 valence electrons. The number of pyridine rings is 2. The van der Waals surface area contributed by atoms with Crippen molar-refractivity contribution >= 4 is 17.3 Å². The summed E-state index contributed by atoms with van der Waals surface area (Å²) in [5, 5.41) is 22.2. The molecule has 39 heavy (non-hydrogen) atoms. The highest BCUT2D eigenvalue weighted by Gasteiger charge is 2.51. The molecule has 1 aliphatic heterocycles. The second-order valence-electron chi connectivity index (χ2n) is 10.2. The minimum atomic E-state index is -1.57. The Balaban J connectivity index is 1.57. The number of nitrogens with one attached hydrogen (secondary N) is 1. The number of carbonyl (C=O) groups is 1. The van der Waals surface area contributed by atoms with Gasteiger partial charge in [-0.05, 0) is 55.5 Å². The van der Waals surface area contributed by atoms with Gasteiger partial charge in [0.1, 0.15) is 0 Å². The van der Waals surface area contributed by atoms with Gasteiger partial charge in [-0.2, -0.15) is 0 Å². The summed E-state index contributed by atoms with van der Waals surface area (Å²) in [4.78, 5) is 38.6. The van der Waals surface area contributed by atoms with Crippen LogP contribution in [0, 0.1) is 11.6 Å². The number of hydrogen-bond acceptors (Lipinski definition) is 5. The Morgan fingerprint density at radius 1 is 1.03 bits per heavy atom. The van der Waals surface area contributed by atoms with E-state index in [0.717, 1.165) is 41.5 Å². The number of carboxylic acid groups (broad SMARTS) is 1. The number of halogens is 2. The van der Waals surface area contributed by atoms with Crippen molar-refractivity contribution in [2.24, 2.45) is 0 Å². The maximum atomic E-state index is 15.3. The Kier molecular flexibility index (Phi) is 6.38. The van der Waals surface area contributed by atoms with E-state index in [9.17, 15) is 24.2 Å². The van der Waals surface area contributed by atoms with Crippen molar-refractivity contribution in [1.82, 2.24) is 24.4 Å². The number of nitrogens with zero attached hydrogens (tertiary/aromatic N) is 4. The van der Waals surface area contributed by atoms with Crippen LogP contribution in [0.5, 0.6) is 0 Å². The maximum Gasteiger partial charge on any atom is 0.408 e. The molecule has 0 saturated carbocycles. The van der Waals surface area contributed by atoms with Gasteiger partial charge in [0, 0.05) is 35.6 Å². The number of imidazole rings is 1. The SMILES string of the molecule is O=C(O)N1C(C2CCCCc3cccnc32)CC(n2c(=O)[nH]c3ncccc32)[C@@H](O)[C@@H]1c1cccc(F)c1F. The zero-order valence-corrected chi connectivity index (χ0v) is 20.9. The number of H-pyrrole nitrogens is 1. The number of aromatic nitrogens is 4. The van der Waals surface area contributed by atoms with Crippen molar-refractivity contribution in [3.05, 3.63) is 93.8 Å². The number of piperidine rings is 1. The molecular formula is C28H27F2N5O4. The van der Waals surface area contributed by atoms with Crippen LogP contribution in [0.4, 0.5) is 13.6 Å². The first-order valence-electron chi connectivity index (χ1n) is 13.0. The van der Waals surface area contributed by atoms with E-state index in [-0.39, 0.29) is 17.9 Å². The molecule has 11 heteroatoms. The monoisotopic (exact) mass is 535 g/mol. The number of aliphatic hydroxyl groups excluding tert-OH is 1. The molecule has 4 heterocycles. The van der Waals surface area contributed by atoms with E-state index in [1.807, 2.05) is 12.1 Å². The molecule has 1 amide bonds. The van der Waals surface area contributed by atoms with Crippen molar-refractivity contribution in [2.75, 3.05) is 0 Å². The van der Waals surface area contributed by atoms with E-state index >= 15 is 4.39 Å². The predicted octanol–water partition coefficient (Wildman–Crippen LogP) is 4.30. The quantitative estimate of drug-likeness (QED) is 0.336. The first kappa shape index (κ1) is 25.2. The second-order valence-corrected chi connectivity index (χ2v) is 10.2. The highest BCUT2D eigenvalue weighted by atomic mass is 19.2. The Morgan fingerprint density at radius 3 is 2.64 bits per heavy atom. The van der Waals surface area contributed by atoms with Gasteiger partial charge in [-0.25, -0.2) is 23.4 Å². The Morgan fingerprint density at radius 2 is 1.82 bits per heavy atom. The molecule has 5 atom stereocenters. The first-order chi connectivity index (χ1) is 18.9. The zero-order chi connectivity index (χ0) is 27.3. The summed E-state index contributed by atoms with van der Waals surface area (Å²) in [5.74, 6) is -2.77. The Labute approximate surface area is 221 Å². The standard InChI is InChI=1S/C28H27F2N5O4/c29-18-10-3-9-17(22(18)30)24-25(36)21(34-19-11-5-13-32-26(19)33-27(34)37)14-20(35(24)28(38)39)16-8-2-1-6-15-7-4-12-31-23(15)16/h3-5,7,9-13,16,20-21,24-25,36H,1-2,6,8,14H2,(H,38,39)(H,32,33,37)/t16?,20?,21?,24-,25+/m0/s1. The third kappa shape index (κ3) is 4.17. The third-order valence-corrected chi connectivity index (χ3v) is 8.15. The van der Waals surface area contributed by atoms with Gasteiger partial charge in [0.25, 0.3) is 0 Å². The summed E-state index contributed by atoms with van der Waals surface area (Å²) < 4.78 is 31.1. The molecule has 1 aliphatic carbocycles. The largest absolute Gasteiger partial charge is 0.465 e. The maximum absolute atomic E-state index is 15.3. The van der Waals surface area contributed by atoms with E-state index < -0.39 is 47.6 Å². The minimum absolute atomic E-state index is 0.0589. The van der Waals surface area contributed by atoms with Gasteiger partial charge in [-0.1, -0.05) is 24.6 Å². The lowest BCUT2D eigenvalue weighted by Crippen LogP contribution is -2.57. The molecule has 3 N–H and O–H groups in total. The molecule has 9 nitrogen and oxygen atoms in total. The van der Waals surface area contributed by atoms with Crippen molar-refractivity contribution in [3.63, 3.8) is 0 Å². The summed E-state index contributed by atoms with van der Waals surface area (Å²) in [6.45, 7) is 0. The molecule has 0 spiro atoms. The average Bonchev–Trinajstić information content (AvgIpc) is 3.11. The lowest BCUT2D eigenvalue weighted by molar-refractivity contribution is -0.0530. The van der Waals surface area contributed by atoms with Crippen LogP contribution in [0.25, 0.3) is 11.2 Å². The molecule has 6 rings (SSSR count). The van der Waals surface area contributed by atoms with Crippen LogP contribution in [0.3, 0.4) is 0 Å². The lowest BCUT2D eigenvalue weighted by atomic mass is 9.77. The summed E-state index contributed by atoms with van der Waals surface area (Å²) in [6, 6.07) is 7.41. The van der Waals surface area contributed by atoms with E-state index in [0.29, 0.717) is 17.6 Å². The number of hydrogen-bond donors (Lipinski definition) is 3. The molecule has 3 aromatic heterocycles. The zero-order valence-electron chi connectivity index (χ0n) is 20.9. The molecule has 2 aliphatic rings. The molecule has 1 aromatic carbocycles. The van der Waals surface area contributed by atoms with Gasteiger partial charge < -0.3 is 10.2 Å². The molecular weight excluding hydrogens is 508 g/mol. The van der Waals surface area contributed by atoms with Crippen molar-refractivity contribution < 1.29 is 23.8 Å². The van der Waals surface area contributed by atoms with E-state index in [2.05, 4.69) is 15.0 Å². The summed E-state index contributed by atoms with van der Waals surface area (Å²) >= 11 is 0. The normalized spacial score (nSPS) is 25.3. The number of aromatic amines is 1. The molecule has 3 unspecified atom stereocenters. The van der Waals surface area contributed by atoms with Crippen LogP contribution < -0.4 is 5.69 Å². The van der Waals surface area contributed by atoms with Crippen LogP contribution in [0.2, 0.25) is 0 Å². The Hall–Kier alpha value is -4.12. The fourth-order valence-corrected chi connectivity index (χ4v) is 6.52. The van der Waals surface area contributed by atoms with Gasteiger partial charge in [0.05, 0.1) is 23.7 Å². The van der Waals surface area contributed by atoms with Crippen LogP contribution in [0.1, 0.15) is 60.5 Å². The topological polar surface area (TPSA) is 124 Å². The highest BCUT2D eigenvalue weighted by molar-refractivity contribution is 5.71. The first-order valence-corrected chi connectivity index (χ1v) is 13.0. The predicted molar refractivity (Wildman–Crippen MR) is 137 cm³/mol. The van der Waals surface area contributed by atoms with Crippen molar-refractivity contribution in [2.45, 2.75) is 62.3 Å². The number of aryl methyl sites for hydroxylation is 1. The summed E-state index contributed by atoms with van der Waals surface area (Å²) in [5.41, 5.74) is 1.67. The van der Waals surface area contributed by atoms with Gasteiger partial charge >= 0.3 is 11.8 Å². The number of amides is 1. The van der Waals surface area contributed by atoms with Gasteiger partial charge in [0.2, 0.25) is 0 Å². The van der Waals surface area contributed by atoms with E-state index in [1.54, 1.807) is 18.3 Å². The van der Waals surface area contributed by atoms with Gasteiger partial charge in [-0.15, -0.1) is 0 Å². The number of likely N-dealkylation sites (tertiary alicyclic amines) is 1. The number of benzene rings is 1. The van der Waals surface area contributed by atoms with E-state index in [4.69, 9.17) is 0 Å². The number of aliphatic hydroxyl groups is 1. The number of fused-ring (bicyclic) bond motifs is 2. The van der Waals surface area contributed by atoms with Crippen LogP contribution in [-0.4, -0.2) is 52.9 Å². The summed E-state index contributed by atoms with van der Waals surface area (Å²) in [6.07, 6.45) is 3.42. The molecule has 1 saturated heterocycles. The highest BCUT2D eigenvalue weighted by Crippen LogP contribution is 2.47. The molecule has 4 aromatic rings. The Bertz CT molecular complexity index is 1600. The average molecular weight is 536 g/mol. The second kappa shape index (κ2) is 9.88. The third-order valence-electron chi connectivity index (χ3n) is 8.15. The number of rotatable bonds is 3. The van der Waals surface area contributed by atoms with Crippen LogP contribution >= 0.6 is 0 Å². The fraction of sp³-hybridized carbons (Fsp3) is 0.357. The molecule has 1 fully saturated rings. The van der Waals surface area contributed by atoms with Crippen LogP contribution in [-0.2, 0) is 6.42 Å². The van der Waals surface area contributed by atoms with Gasteiger partial charge in [0.15, 0.2) is 17.3 Å². The van der Waals surface area contributed by atoms with Crippen molar-refractivity contribution in [3.8, 4) is 0 Å².